The van der Waals surface area contributed by atoms with Gasteiger partial charge in [0.05, 0.1) is 5.69 Å². The van der Waals surface area contributed by atoms with E-state index in [4.69, 9.17) is 10.7 Å². The van der Waals surface area contributed by atoms with E-state index in [0.29, 0.717) is 6.54 Å². The predicted octanol–water partition coefficient (Wildman–Crippen LogP) is 3.27. The van der Waals surface area contributed by atoms with Crippen LogP contribution < -0.4 is 5.73 Å². The lowest BCUT2D eigenvalue weighted by Crippen LogP contribution is -2.15. The molecule has 2 rings (SSSR count). The number of hydrogen-bond acceptors (Lipinski definition) is 4. The predicted molar refractivity (Wildman–Crippen MR) is 76.7 cm³/mol. The van der Waals surface area contributed by atoms with Gasteiger partial charge in [-0.2, -0.15) is 0 Å². The highest BCUT2D eigenvalue weighted by Crippen LogP contribution is 2.35. The van der Waals surface area contributed by atoms with Crippen LogP contribution in [0.15, 0.2) is 18.5 Å². The summed E-state index contributed by atoms with van der Waals surface area (Å²) in [6.45, 7) is 9.12. The standard InChI is InChI=1S/C14H19N3S/c1-9-8-16-6-5-10(9)13-17-12(14(2,3)4)11(7-15)18-13/h5-6,8H,7,15H2,1-4H3. The van der Waals surface area contributed by atoms with Crippen molar-refractivity contribution < 1.29 is 0 Å². The molecule has 0 fully saturated rings. The van der Waals surface area contributed by atoms with Gasteiger partial charge < -0.3 is 5.73 Å². The van der Waals surface area contributed by atoms with E-state index in [9.17, 15) is 0 Å². The second kappa shape index (κ2) is 4.78. The van der Waals surface area contributed by atoms with Gasteiger partial charge in [0.15, 0.2) is 0 Å². The number of rotatable bonds is 2. The minimum Gasteiger partial charge on any atom is -0.326 e. The molecule has 2 N–H and O–H groups in total. The van der Waals surface area contributed by atoms with Gasteiger partial charge in [0.2, 0.25) is 0 Å². The number of pyridine rings is 1. The number of nitrogens with two attached hydrogens (primary N) is 1. The second-order valence-corrected chi connectivity index (χ2v) is 6.52. The molecule has 0 radical (unpaired) electrons. The van der Waals surface area contributed by atoms with Crippen molar-refractivity contribution in [2.24, 2.45) is 5.73 Å². The van der Waals surface area contributed by atoms with Crippen molar-refractivity contribution in [1.29, 1.82) is 0 Å². The lowest BCUT2D eigenvalue weighted by molar-refractivity contribution is 0.567. The third-order valence-corrected chi connectivity index (χ3v) is 3.95. The van der Waals surface area contributed by atoms with Crippen molar-refractivity contribution in [3.63, 3.8) is 0 Å². The Hall–Kier alpha value is -1.26. The van der Waals surface area contributed by atoms with Gasteiger partial charge in [-0.05, 0) is 18.6 Å². The van der Waals surface area contributed by atoms with Crippen LogP contribution in [0.1, 0.15) is 36.9 Å². The van der Waals surface area contributed by atoms with Crippen LogP contribution in [0.2, 0.25) is 0 Å². The molecule has 0 aliphatic rings. The van der Waals surface area contributed by atoms with Crippen molar-refractivity contribution in [2.45, 2.75) is 39.7 Å². The fourth-order valence-corrected chi connectivity index (χ4v) is 3.15. The van der Waals surface area contributed by atoms with Gasteiger partial charge in [0, 0.05) is 34.8 Å². The molecule has 0 spiro atoms. The van der Waals surface area contributed by atoms with Gasteiger partial charge in [-0.15, -0.1) is 11.3 Å². The molecule has 2 aromatic heterocycles. The van der Waals surface area contributed by atoms with Crippen LogP contribution in [0.5, 0.6) is 0 Å². The van der Waals surface area contributed by atoms with Crippen molar-refractivity contribution in [2.75, 3.05) is 0 Å². The van der Waals surface area contributed by atoms with E-state index < -0.39 is 0 Å². The summed E-state index contributed by atoms with van der Waals surface area (Å²) in [5.41, 5.74) is 9.28. The van der Waals surface area contributed by atoms with Crippen LogP contribution >= 0.6 is 11.3 Å². The van der Waals surface area contributed by atoms with E-state index in [0.717, 1.165) is 21.8 Å². The highest BCUT2D eigenvalue weighted by molar-refractivity contribution is 7.15. The average molecular weight is 261 g/mol. The molecule has 0 saturated heterocycles. The van der Waals surface area contributed by atoms with E-state index in [1.54, 1.807) is 11.3 Å². The molecule has 0 aliphatic heterocycles. The number of aryl methyl sites for hydroxylation is 1. The monoisotopic (exact) mass is 261 g/mol. The van der Waals surface area contributed by atoms with Gasteiger partial charge in [-0.3, -0.25) is 4.98 Å². The minimum atomic E-state index is 0.0321. The van der Waals surface area contributed by atoms with Gasteiger partial charge in [-0.1, -0.05) is 20.8 Å². The van der Waals surface area contributed by atoms with Crippen LogP contribution in [0.25, 0.3) is 10.6 Å². The Kier molecular flexibility index (Phi) is 3.50. The fourth-order valence-electron chi connectivity index (χ4n) is 1.90. The van der Waals surface area contributed by atoms with E-state index >= 15 is 0 Å². The van der Waals surface area contributed by atoms with E-state index in [-0.39, 0.29) is 5.41 Å². The molecule has 4 heteroatoms. The Morgan fingerprint density at radius 3 is 2.56 bits per heavy atom. The third kappa shape index (κ3) is 2.44. The maximum atomic E-state index is 5.83. The maximum absolute atomic E-state index is 5.83. The van der Waals surface area contributed by atoms with Crippen molar-refractivity contribution in [3.05, 3.63) is 34.6 Å². The lowest BCUT2D eigenvalue weighted by Gasteiger charge is -2.16. The zero-order valence-corrected chi connectivity index (χ0v) is 12.1. The maximum Gasteiger partial charge on any atom is 0.124 e. The number of nitrogens with zero attached hydrogens (tertiary/aromatic N) is 2. The summed E-state index contributed by atoms with van der Waals surface area (Å²) in [5.74, 6) is 0. The van der Waals surface area contributed by atoms with Gasteiger partial charge in [0.1, 0.15) is 5.01 Å². The first-order valence-electron chi connectivity index (χ1n) is 6.04. The van der Waals surface area contributed by atoms with Crippen LogP contribution in [0.3, 0.4) is 0 Å². The quantitative estimate of drug-likeness (QED) is 0.902. The summed E-state index contributed by atoms with van der Waals surface area (Å²) in [7, 11) is 0. The molecule has 0 bridgehead atoms. The topological polar surface area (TPSA) is 51.8 Å². The van der Waals surface area contributed by atoms with Crippen LogP contribution in [-0.2, 0) is 12.0 Å². The summed E-state index contributed by atoms with van der Waals surface area (Å²) < 4.78 is 0. The van der Waals surface area contributed by atoms with Crippen molar-refractivity contribution >= 4 is 11.3 Å². The number of aromatic nitrogens is 2. The minimum absolute atomic E-state index is 0.0321. The largest absolute Gasteiger partial charge is 0.326 e. The molecular formula is C14H19N3S. The molecule has 0 amide bonds. The second-order valence-electron chi connectivity index (χ2n) is 5.44. The first kappa shape index (κ1) is 13.2. The molecular weight excluding hydrogens is 242 g/mol. The van der Waals surface area contributed by atoms with Gasteiger partial charge >= 0.3 is 0 Å². The molecule has 18 heavy (non-hydrogen) atoms. The molecule has 2 heterocycles. The Labute approximate surface area is 112 Å². The van der Waals surface area contributed by atoms with E-state index in [1.165, 1.54) is 4.88 Å². The highest BCUT2D eigenvalue weighted by Gasteiger charge is 2.23. The first-order chi connectivity index (χ1) is 8.43. The zero-order valence-electron chi connectivity index (χ0n) is 11.3. The Morgan fingerprint density at radius 1 is 1.33 bits per heavy atom. The number of thiazole rings is 1. The first-order valence-corrected chi connectivity index (χ1v) is 6.86. The summed E-state index contributed by atoms with van der Waals surface area (Å²) in [4.78, 5) is 10.1. The molecule has 0 aliphatic carbocycles. The summed E-state index contributed by atoms with van der Waals surface area (Å²) in [6.07, 6.45) is 3.68. The Balaban J connectivity index is 2.55. The smallest absolute Gasteiger partial charge is 0.124 e. The van der Waals surface area contributed by atoms with E-state index in [2.05, 4.69) is 32.7 Å². The summed E-state index contributed by atoms with van der Waals surface area (Å²) >= 11 is 1.69. The van der Waals surface area contributed by atoms with Crippen molar-refractivity contribution in [3.8, 4) is 10.6 Å². The number of hydrogen-bond donors (Lipinski definition) is 1. The Bertz CT molecular complexity index is 552. The van der Waals surface area contributed by atoms with Crippen molar-refractivity contribution in [1.82, 2.24) is 9.97 Å². The molecule has 2 aromatic rings. The zero-order chi connectivity index (χ0) is 13.3. The Morgan fingerprint density at radius 2 is 2.06 bits per heavy atom. The highest BCUT2D eigenvalue weighted by atomic mass is 32.1. The van der Waals surface area contributed by atoms with Crippen LogP contribution in [-0.4, -0.2) is 9.97 Å². The lowest BCUT2D eigenvalue weighted by atomic mass is 9.91. The van der Waals surface area contributed by atoms with Gasteiger partial charge in [-0.25, -0.2) is 4.98 Å². The molecule has 96 valence electrons. The SMILES string of the molecule is Cc1cnccc1-c1nc(C(C)(C)C)c(CN)s1. The molecule has 3 nitrogen and oxygen atoms in total. The average Bonchev–Trinajstić information content (AvgIpc) is 2.73. The van der Waals surface area contributed by atoms with Crippen LogP contribution in [0.4, 0.5) is 0 Å². The normalized spacial score (nSPS) is 11.8. The molecule has 0 unspecified atom stereocenters. The van der Waals surface area contributed by atoms with E-state index in [1.807, 2.05) is 18.5 Å². The molecule has 0 saturated carbocycles. The van der Waals surface area contributed by atoms with Gasteiger partial charge in [0.25, 0.3) is 0 Å². The molecule has 0 atom stereocenters. The fraction of sp³-hybridized carbons (Fsp3) is 0.429. The summed E-state index contributed by atoms with van der Waals surface area (Å²) in [5, 5.41) is 1.04. The van der Waals surface area contributed by atoms with Crippen LogP contribution in [0, 0.1) is 6.92 Å². The third-order valence-electron chi connectivity index (χ3n) is 2.84. The molecule has 0 aromatic carbocycles. The summed E-state index contributed by atoms with van der Waals surface area (Å²) in [6, 6.07) is 2.01.